The van der Waals surface area contributed by atoms with Crippen LogP contribution in [0, 0.1) is 0 Å². The third kappa shape index (κ3) is 3.37. The lowest BCUT2D eigenvalue weighted by atomic mass is 10.0. The van der Waals surface area contributed by atoms with Crippen molar-refractivity contribution in [2.45, 2.75) is 51.6 Å². The highest BCUT2D eigenvalue weighted by atomic mass is 32.1. The molecule has 3 nitrogen and oxygen atoms in total. The Morgan fingerprint density at radius 1 is 1.53 bits per heavy atom. The van der Waals surface area contributed by atoms with Crippen LogP contribution in [-0.4, -0.2) is 29.9 Å². The fourth-order valence-corrected chi connectivity index (χ4v) is 3.70. The zero-order valence-corrected chi connectivity index (χ0v) is 12.7. The predicted octanol–water partition coefficient (Wildman–Crippen LogP) is 3.19. The Balaban J connectivity index is 2.07. The molecule has 2 rings (SSSR count). The second-order valence-corrected chi connectivity index (χ2v) is 6.10. The first kappa shape index (κ1) is 14.5. The van der Waals surface area contributed by atoms with Crippen molar-refractivity contribution in [3.63, 3.8) is 0 Å². The summed E-state index contributed by atoms with van der Waals surface area (Å²) < 4.78 is 0. The lowest BCUT2D eigenvalue weighted by Gasteiger charge is -2.37. The molecule has 0 aliphatic carbocycles. The highest BCUT2D eigenvalue weighted by molar-refractivity contribution is 7.10. The molecule has 1 aromatic rings. The average Bonchev–Trinajstić information content (AvgIpc) is 2.94. The number of hydrogen-bond acceptors (Lipinski definition) is 3. The van der Waals surface area contributed by atoms with Gasteiger partial charge in [-0.1, -0.05) is 19.9 Å². The number of piperidine rings is 1. The smallest absolute Gasteiger partial charge is 0.240 e. The van der Waals surface area contributed by atoms with Gasteiger partial charge in [0.05, 0.1) is 12.1 Å². The number of nitrogens with zero attached hydrogens (tertiary/aromatic N) is 1. The van der Waals surface area contributed by atoms with E-state index >= 15 is 0 Å². The first-order chi connectivity index (χ1) is 9.27. The second kappa shape index (κ2) is 7.06. The number of thiophene rings is 1. The summed E-state index contributed by atoms with van der Waals surface area (Å²) in [6, 6.07) is 4.51. The number of hydrogen-bond donors (Lipinski definition) is 1. The van der Waals surface area contributed by atoms with Crippen molar-refractivity contribution in [2.24, 2.45) is 0 Å². The minimum atomic E-state index is 0.0303. The molecule has 1 aliphatic rings. The quantitative estimate of drug-likeness (QED) is 0.868. The third-order valence-corrected chi connectivity index (χ3v) is 4.72. The van der Waals surface area contributed by atoms with Gasteiger partial charge in [-0.15, -0.1) is 11.3 Å². The van der Waals surface area contributed by atoms with E-state index in [-0.39, 0.29) is 12.1 Å². The summed E-state index contributed by atoms with van der Waals surface area (Å²) in [5.41, 5.74) is 0. The molecule has 4 heteroatoms. The van der Waals surface area contributed by atoms with Gasteiger partial charge in [0.15, 0.2) is 0 Å². The first-order valence-electron chi connectivity index (χ1n) is 7.35. The fourth-order valence-electron chi connectivity index (χ4n) is 2.77. The minimum Gasteiger partial charge on any atom is -0.334 e. The van der Waals surface area contributed by atoms with E-state index in [0.717, 1.165) is 38.8 Å². The second-order valence-electron chi connectivity index (χ2n) is 5.12. The van der Waals surface area contributed by atoms with Crippen LogP contribution in [0.25, 0.3) is 0 Å². The van der Waals surface area contributed by atoms with E-state index in [9.17, 15) is 4.79 Å². The van der Waals surface area contributed by atoms with Gasteiger partial charge in [-0.3, -0.25) is 4.79 Å². The number of carbonyl (C=O) groups excluding carboxylic acids is 1. The molecule has 1 amide bonds. The molecule has 1 fully saturated rings. The van der Waals surface area contributed by atoms with Gasteiger partial charge in [-0.2, -0.15) is 0 Å². The molecule has 2 unspecified atom stereocenters. The van der Waals surface area contributed by atoms with Gasteiger partial charge in [0.2, 0.25) is 5.91 Å². The van der Waals surface area contributed by atoms with E-state index in [1.807, 2.05) is 0 Å². The van der Waals surface area contributed by atoms with Gasteiger partial charge in [0.25, 0.3) is 0 Å². The molecule has 2 heterocycles. The molecular weight excluding hydrogens is 256 g/mol. The standard InChI is InChI=1S/C15H24N2OS/c1-3-9-16-12-7-5-10-17(15(12)18)13(4-2)14-8-6-11-19-14/h6,8,11-13,16H,3-5,7,9-10H2,1-2H3. The lowest BCUT2D eigenvalue weighted by Crippen LogP contribution is -2.51. The molecule has 106 valence electrons. The molecule has 0 saturated carbocycles. The highest BCUT2D eigenvalue weighted by Crippen LogP contribution is 2.30. The Morgan fingerprint density at radius 2 is 2.37 bits per heavy atom. The monoisotopic (exact) mass is 280 g/mol. The molecule has 0 spiro atoms. The number of amides is 1. The molecule has 0 bridgehead atoms. The predicted molar refractivity (Wildman–Crippen MR) is 80.4 cm³/mol. The largest absolute Gasteiger partial charge is 0.334 e. The van der Waals surface area contributed by atoms with E-state index < -0.39 is 0 Å². The maximum atomic E-state index is 12.6. The van der Waals surface area contributed by atoms with Crippen LogP contribution in [0.15, 0.2) is 17.5 Å². The van der Waals surface area contributed by atoms with Gasteiger partial charge < -0.3 is 10.2 Å². The van der Waals surface area contributed by atoms with Gasteiger partial charge in [0, 0.05) is 11.4 Å². The van der Waals surface area contributed by atoms with Crippen LogP contribution in [0.5, 0.6) is 0 Å². The molecular formula is C15H24N2OS. The molecule has 1 aromatic heterocycles. The van der Waals surface area contributed by atoms with E-state index in [1.165, 1.54) is 4.88 Å². The van der Waals surface area contributed by atoms with Gasteiger partial charge in [0.1, 0.15) is 0 Å². The summed E-state index contributed by atoms with van der Waals surface area (Å²) in [5.74, 6) is 0.292. The van der Waals surface area contributed by atoms with Crippen molar-refractivity contribution in [3.05, 3.63) is 22.4 Å². The highest BCUT2D eigenvalue weighted by Gasteiger charge is 2.32. The van der Waals surface area contributed by atoms with Gasteiger partial charge in [-0.25, -0.2) is 0 Å². The van der Waals surface area contributed by atoms with Crippen LogP contribution in [-0.2, 0) is 4.79 Å². The molecule has 1 N–H and O–H groups in total. The summed E-state index contributed by atoms with van der Waals surface area (Å²) >= 11 is 1.76. The van der Waals surface area contributed by atoms with Crippen LogP contribution in [0.3, 0.4) is 0 Å². The average molecular weight is 280 g/mol. The Bertz CT molecular complexity index is 391. The SMILES string of the molecule is CCCNC1CCCN(C(CC)c2cccs2)C1=O. The van der Waals surface area contributed by atoms with Crippen LogP contribution in [0.2, 0.25) is 0 Å². The van der Waals surface area contributed by atoms with Crippen molar-refractivity contribution < 1.29 is 4.79 Å². The van der Waals surface area contributed by atoms with Crippen LogP contribution in [0.4, 0.5) is 0 Å². The van der Waals surface area contributed by atoms with E-state index in [2.05, 4.69) is 41.6 Å². The number of rotatable bonds is 6. The van der Waals surface area contributed by atoms with Crippen LogP contribution < -0.4 is 5.32 Å². The molecule has 1 aliphatic heterocycles. The molecule has 1 saturated heterocycles. The zero-order chi connectivity index (χ0) is 13.7. The molecule has 0 radical (unpaired) electrons. The van der Waals surface area contributed by atoms with Gasteiger partial charge in [-0.05, 0) is 43.7 Å². The topological polar surface area (TPSA) is 32.3 Å². The number of likely N-dealkylation sites (tertiary alicyclic amines) is 1. The van der Waals surface area contributed by atoms with Crippen molar-refractivity contribution >= 4 is 17.2 Å². The van der Waals surface area contributed by atoms with Crippen molar-refractivity contribution in [2.75, 3.05) is 13.1 Å². The zero-order valence-electron chi connectivity index (χ0n) is 11.9. The van der Waals surface area contributed by atoms with E-state index in [4.69, 9.17) is 0 Å². The maximum Gasteiger partial charge on any atom is 0.240 e. The Hall–Kier alpha value is -0.870. The first-order valence-corrected chi connectivity index (χ1v) is 8.23. The van der Waals surface area contributed by atoms with E-state index in [0.29, 0.717) is 5.91 Å². The molecule has 2 atom stereocenters. The third-order valence-electron chi connectivity index (χ3n) is 3.75. The maximum absolute atomic E-state index is 12.6. The van der Waals surface area contributed by atoms with E-state index in [1.54, 1.807) is 11.3 Å². The normalized spacial score (nSPS) is 21.7. The summed E-state index contributed by atoms with van der Waals surface area (Å²) in [6.07, 6.45) is 4.16. The van der Waals surface area contributed by atoms with Crippen molar-refractivity contribution in [1.29, 1.82) is 0 Å². The fraction of sp³-hybridized carbons (Fsp3) is 0.667. The van der Waals surface area contributed by atoms with Crippen LogP contribution in [0.1, 0.15) is 50.4 Å². The van der Waals surface area contributed by atoms with Gasteiger partial charge >= 0.3 is 0 Å². The lowest BCUT2D eigenvalue weighted by molar-refractivity contribution is -0.138. The summed E-state index contributed by atoms with van der Waals surface area (Å²) in [5, 5.41) is 5.48. The summed E-state index contributed by atoms with van der Waals surface area (Å²) in [4.78, 5) is 16.0. The molecule has 0 aromatic carbocycles. The minimum absolute atomic E-state index is 0.0303. The summed E-state index contributed by atoms with van der Waals surface area (Å²) in [7, 11) is 0. The summed E-state index contributed by atoms with van der Waals surface area (Å²) in [6.45, 7) is 6.14. The number of nitrogens with one attached hydrogen (secondary N) is 1. The van der Waals surface area contributed by atoms with Crippen molar-refractivity contribution in [3.8, 4) is 0 Å². The Morgan fingerprint density at radius 3 is 3.00 bits per heavy atom. The number of carbonyl (C=O) groups is 1. The Kier molecular flexibility index (Phi) is 5.40. The van der Waals surface area contributed by atoms with Crippen molar-refractivity contribution in [1.82, 2.24) is 10.2 Å². The molecule has 19 heavy (non-hydrogen) atoms. The van der Waals surface area contributed by atoms with Crippen LogP contribution >= 0.6 is 11.3 Å². The Labute approximate surface area is 120 Å².